The lowest BCUT2D eigenvalue weighted by atomic mass is 9.95. The van der Waals surface area contributed by atoms with E-state index in [1.165, 1.54) is 12.5 Å². The largest absolute Gasteiger partial charge is 0.287 e. The van der Waals surface area contributed by atoms with Crippen LogP contribution < -0.4 is 0 Å². The quantitative estimate of drug-likeness (QED) is 0.550. The molecule has 3 nitrogen and oxygen atoms in total. The molecule has 3 heteroatoms. The molecule has 1 aliphatic carbocycles. The zero-order valence-corrected chi connectivity index (χ0v) is 7.47. The second-order valence-electron chi connectivity index (χ2n) is 3.30. The van der Waals surface area contributed by atoms with Crippen LogP contribution in [-0.4, -0.2) is 16.0 Å². The highest BCUT2D eigenvalue weighted by Gasteiger charge is 2.19. The first-order valence-electron chi connectivity index (χ1n) is 4.56. The number of allylic oxidation sites excluding steroid dienone is 1. The lowest BCUT2D eigenvalue weighted by Crippen LogP contribution is -2.05. The van der Waals surface area contributed by atoms with E-state index in [-0.39, 0.29) is 5.78 Å². The molecule has 1 heterocycles. The number of aryl methyl sites for hydroxylation is 1. The van der Waals surface area contributed by atoms with E-state index in [0.717, 1.165) is 30.5 Å². The summed E-state index contributed by atoms with van der Waals surface area (Å²) in [5.74, 6) is -0.0700. The molecule has 2 rings (SSSR count). The van der Waals surface area contributed by atoms with Gasteiger partial charge in [0.2, 0.25) is 5.78 Å². The molecule has 13 heavy (non-hydrogen) atoms. The van der Waals surface area contributed by atoms with Crippen LogP contribution in [0.2, 0.25) is 0 Å². The molecule has 0 atom stereocenters. The van der Waals surface area contributed by atoms with Gasteiger partial charge in [0.25, 0.3) is 0 Å². The van der Waals surface area contributed by atoms with E-state index in [0.29, 0.717) is 5.69 Å². The van der Waals surface area contributed by atoms with Gasteiger partial charge < -0.3 is 0 Å². The first-order valence-corrected chi connectivity index (χ1v) is 4.56. The first-order chi connectivity index (χ1) is 6.33. The Morgan fingerprint density at radius 2 is 2.23 bits per heavy atom. The van der Waals surface area contributed by atoms with Crippen LogP contribution in [0.1, 0.15) is 34.6 Å². The van der Waals surface area contributed by atoms with Crippen LogP contribution in [-0.2, 0) is 12.8 Å². The van der Waals surface area contributed by atoms with Crippen LogP contribution in [0.25, 0.3) is 0 Å². The van der Waals surface area contributed by atoms with Gasteiger partial charge in [-0.3, -0.25) is 9.89 Å². The normalized spacial score (nSPS) is 15.1. The predicted octanol–water partition coefficient (Wildman–Crippen LogP) is 1.66. The maximum Gasteiger partial charge on any atom is 0.205 e. The van der Waals surface area contributed by atoms with E-state index in [1.54, 1.807) is 0 Å². The number of hydrogen-bond acceptors (Lipinski definition) is 2. The third kappa shape index (κ3) is 1.30. The fourth-order valence-electron chi connectivity index (χ4n) is 1.78. The predicted molar refractivity (Wildman–Crippen MR) is 49.8 cm³/mol. The highest BCUT2D eigenvalue weighted by Crippen LogP contribution is 2.22. The molecule has 68 valence electrons. The zero-order chi connectivity index (χ0) is 9.26. The minimum absolute atomic E-state index is 0.0700. The van der Waals surface area contributed by atoms with Gasteiger partial charge in [-0.1, -0.05) is 6.58 Å². The van der Waals surface area contributed by atoms with Crippen LogP contribution in [0.5, 0.6) is 0 Å². The second-order valence-corrected chi connectivity index (χ2v) is 3.30. The molecule has 0 aliphatic heterocycles. The van der Waals surface area contributed by atoms with Crippen molar-refractivity contribution in [1.82, 2.24) is 10.2 Å². The van der Waals surface area contributed by atoms with Gasteiger partial charge in [-0.2, -0.15) is 5.10 Å². The van der Waals surface area contributed by atoms with Crippen LogP contribution >= 0.6 is 0 Å². The summed E-state index contributed by atoms with van der Waals surface area (Å²) in [4.78, 5) is 11.3. The molecule has 1 aromatic heterocycles. The van der Waals surface area contributed by atoms with Crippen molar-refractivity contribution < 1.29 is 4.79 Å². The molecule has 0 saturated heterocycles. The summed E-state index contributed by atoms with van der Waals surface area (Å²) >= 11 is 0. The number of rotatable bonds is 2. The SMILES string of the molecule is C=CC(=O)c1n[nH]c2c1CCCC2. The lowest BCUT2D eigenvalue weighted by Gasteiger charge is -2.09. The Kier molecular flexibility index (Phi) is 2.00. The van der Waals surface area contributed by atoms with E-state index in [2.05, 4.69) is 16.8 Å². The molecule has 0 fully saturated rings. The molecular weight excluding hydrogens is 164 g/mol. The smallest absolute Gasteiger partial charge is 0.205 e. The van der Waals surface area contributed by atoms with Gasteiger partial charge in [0.05, 0.1) is 0 Å². The minimum Gasteiger partial charge on any atom is -0.287 e. The Balaban J connectivity index is 2.42. The summed E-state index contributed by atoms with van der Waals surface area (Å²) < 4.78 is 0. The topological polar surface area (TPSA) is 45.8 Å². The monoisotopic (exact) mass is 176 g/mol. The molecule has 1 aromatic rings. The van der Waals surface area contributed by atoms with Crippen molar-refractivity contribution in [1.29, 1.82) is 0 Å². The van der Waals surface area contributed by atoms with Crippen molar-refractivity contribution in [3.63, 3.8) is 0 Å². The van der Waals surface area contributed by atoms with Crippen molar-refractivity contribution >= 4 is 5.78 Å². The Hall–Kier alpha value is -1.38. The summed E-state index contributed by atoms with van der Waals surface area (Å²) in [6, 6.07) is 0. The first kappa shape index (κ1) is 8.23. The van der Waals surface area contributed by atoms with Gasteiger partial charge in [-0.05, 0) is 31.8 Å². The maximum atomic E-state index is 11.3. The third-order valence-electron chi connectivity index (χ3n) is 2.48. The summed E-state index contributed by atoms with van der Waals surface area (Å²) in [6.45, 7) is 3.46. The van der Waals surface area contributed by atoms with E-state index >= 15 is 0 Å². The standard InChI is InChI=1S/C10H12N2O/c1-2-9(13)10-7-5-3-4-6-8(7)11-12-10/h2H,1,3-6H2,(H,11,12). The van der Waals surface area contributed by atoms with E-state index in [9.17, 15) is 4.79 Å². The van der Waals surface area contributed by atoms with E-state index in [4.69, 9.17) is 0 Å². The van der Waals surface area contributed by atoms with Crippen molar-refractivity contribution in [3.05, 3.63) is 29.6 Å². The van der Waals surface area contributed by atoms with Gasteiger partial charge in [0.15, 0.2) is 0 Å². The Labute approximate surface area is 76.8 Å². The van der Waals surface area contributed by atoms with Crippen molar-refractivity contribution in [2.45, 2.75) is 25.7 Å². The third-order valence-corrected chi connectivity index (χ3v) is 2.48. The van der Waals surface area contributed by atoms with Gasteiger partial charge in [-0.15, -0.1) is 0 Å². The highest BCUT2D eigenvalue weighted by atomic mass is 16.1. The Morgan fingerprint density at radius 3 is 3.00 bits per heavy atom. The average Bonchev–Trinajstić information content (AvgIpc) is 2.60. The number of hydrogen-bond donors (Lipinski definition) is 1. The molecule has 0 aromatic carbocycles. The molecule has 0 amide bonds. The van der Waals surface area contributed by atoms with Crippen molar-refractivity contribution in [2.24, 2.45) is 0 Å². The fraction of sp³-hybridized carbons (Fsp3) is 0.400. The average molecular weight is 176 g/mol. The van der Waals surface area contributed by atoms with Crippen molar-refractivity contribution in [3.8, 4) is 0 Å². The Morgan fingerprint density at radius 1 is 1.46 bits per heavy atom. The van der Waals surface area contributed by atoms with Crippen LogP contribution in [0, 0.1) is 0 Å². The number of carbonyl (C=O) groups is 1. The summed E-state index contributed by atoms with van der Waals surface area (Å²) in [6.07, 6.45) is 5.67. The highest BCUT2D eigenvalue weighted by molar-refractivity contribution is 6.03. The number of nitrogens with one attached hydrogen (secondary N) is 1. The number of aromatic nitrogens is 2. The number of carbonyl (C=O) groups excluding carboxylic acids is 1. The summed E-state index contributed by atoms with van der Waals surface area (Å²) in [5.41, 5.74) is 2.82. The molecule has 0 bridgehead atoms. The summed E-state index contributed by atoms with van der Waals surface area (Å²) in [7, 11) is 0. The minimum atomic E-state index is -0.0700. The summed E-state index contributed by atoms with van der Waals surface area (Å²) in [5, 5.41) is 6.95. The van der Waals surface area contributed by atoms with Gasteiger partial charge in [0, 0.05) is 11.3 Å². The second kappa shape index (κ2) is 3.17. The van der Waals surface area contributed by atoms with Crippen LogP contribution in [0.4, 0.5) is 0 Å². The molecule has 0 saturated carbocycles. The molecular formula is C10H12N2O. The van der Waals surface area contributed by atoms with Crippen LogP contribution in [0.15, 0.2) is 12.7 Å². The number of H-pyrrole nitrogens is 1. The van der Waals surface area contributed by atoms with Crippen LogP contribution in [0.3, 0.4) is 0 Å². The number of nitrogens with zero attached hydrogens (tertiary/aromatic N) is 1. The number of fused-ring (bicyclic) bond motifs is 1. The Bertz CT molecular complexity index is 352. The molecule has 0 spiro atoms. The zero-order valence-electron chi connectivity index (χ0n) is 7.47. The lowest BCUT2D eigenvalue weighted by molar-refractivity contribution is 0.104. The number of ketones is 1. The van der Waals surface area contributed by atoms with E-state index < -0.39 is 0 Å². The molecule has 0 unspecified atom stereocenters. The molecule has 0 radical (unpaired) electrons. The number of aromatic amines is 1. The van der Waals surface area contributed by atoms with E-state index in [1.807, 2.05) is 0 Å². The molecule has 1 aliphatic rings. The van der Waals surface area contributed by atoms with Crippen molar-refractivity contribution in [2.75, 3.05) is 0 Å². The van der Waals surface area contributed by atoms with Gasteiger partial charge >= 0.3 is 0 Å². The maximum absolute atomic E-state index is 11.3. The van der Waals surface area contributed by atoms with Gasteiger partial charge in [0.1, 0.15) is 5.69 Å². The molecule has 1 N–H and O–H groups in total. The van der Waals surface area contributed by atoms with Gasteiger partial charge in [-0.25, -0.2) is 0 Å². The fourth-order valence-corrected chi connectivity index (χ4v) is 1.78.